The first-order valence-electron chi connectivity index (χ1n) is 7.57. The van der Waals surface area contributed by atoms with E-state index in [1.54, 1.807) is 53.6 Å². The van der Waals surface area contributed by atoms with Crippen LogP contribution in [0.5, 0.6) is 0 Å². The van der Waals surface area contributed by atoms with Crippen LogP contribution in [-0.4, -0.2) is 54.7 Å². The Labute approximate surface area is 135 Å². The molecule has 0 aliphatic carbocycles. The fourth-order valence-electron chi connectivity index (χ4n) is 2.71. The second-order valence-corrected chi connectivity index (χ2v) is 7.38. The molecule has 0 radical (unpaired) electrons. The minimum Gasteiger partial charge on any atom is -0.357 e. The largest absolute Gasteiger partial charge is 0.357 e. The maximum Gasteiger partial charge on any atom is 0.270 e. The number of amides is 1. The van der Waals surface area contributed by atoms with Crippen molar-refractivity contribution in [1.82, 2.24) is 14.2 Å². The average molecular weight is 333 g/mol. The second kappa shape index (κ2) is 6.55. The van der Waals surface area contributed by atoms with Crippen molar-refractivity contribution in [2.75, 3.05) is 26.2 Å². The molecule has 23 heavy (non-hydrogen) atoms. The topological polar surface area (TPSA) is 73.5 Å². The van der Waals surface area contributed by atoms with Gasteiger partial charge in [-0.25, -0.2) is 8.42 Å². The molecular weight excluding hydrogens is 314 g/mol. The van der Waals surface area contributed by atoms with Crippen LogP contribution in [0, 0.1) is 0 Å². The van der Waals surface area contributed by atoms with Crippen LogP contribution in [-0.2, 0) is 10.0 Å². The third-order valence-electron chi connectivity index (χ3n) is 3.95. The number of sulfonamides is 1. The van der Waals surface area contributed by atoms with Crippen molar-refractivity contribution in [3.63, 3.8) is 0 Å². The van der Waals surface area contributed by atoms with Gasteiger partial charge in [0.05, 0.1) is 4.90 Å². The molecule has 2 aromatic rings. The monoisotopic (exact) mass is 333 g/mol. The standard InChI is InChI=1S/C16H19N3O3S/c20-16(15-8-4-9-17-15)18-10-5-11-19(13-12-18)23(21,22)14-6-2-1-3-7-14/h1-4,6-9,17H,5,10-13H2. The van der Waals surface area contributed by atoms with Gasteiger partial charge in [-0.15, -0.1) is 0 Å². The van der Waals surface area contributed by atoms with Crippen LogP contribution >= 0.6 is 0 Å². The number of nitrogens with one attached hydrogen (secondary N) is 1. The number of aromatic nitrogens is 1. The van der Waals surface area contributed by atoms with Gasteiger partial charge in [0.2, 0.25) is 10.0 Å². The van der Waals surface area contributed by atoms with Gasteiger partial charge in [-0.05, 0) is 30.7 Å². The van der Waals surface area contributed by atoms with Gasteiger partial charge in [0.1, 0.15) is 5.69 Å². The molecule has 1 aliphatic rings. The smallest absolute Gasteiger partial charge is 0.270 e. The summed E-state index contributed by atoms with van der Waals surface area (Å²) in [6, 6.07) is 11.9. The van der Waals surface area contributed by atoms with Crippen LogP contribution in [0.4, 0.5) is 0 Å². The van der Waals surface area contributed by atoms with Gasteiger partial charge >= 0.3 is 0 Å². The van der Waals surface area contributed by atoms with Gasteiger partial charge in [-0.3, -0.25) is 4.79 Å². The third-order valence-corrected chi connectivity index (χ3v) is 5.86. The zero-order valence-corrected chi connectivity index (χ0v) is 13.5. The lowest BCUT2D eigenvalue weighted by atomic mass is 10.3. The van der Waals surface area contributed by atoms with Crippen LogP contribution in [0.2, 0.25) is 0 Å². The molecule has 6 nitrogen and oxygen atoms in total. The maximum absolute atomic E-state index is 12.7. The SMILES string of the molecule is O=C(c1ccc[nH]1)N1CCCN(S(=O)(=O)c2ccccc2)CC1. The highest BCUT2D eigenvalue weighted by Crippen LogP contribution is 2.18. The summed E-state index contributed by atoms with van der Waals surface area (Å²) < 4.78 is 26.8. The lowest BCUT2D eigenvalue weighted by Gasteiger charge is -2.21. The molecule has 1 saturated heterocycles. The zero-order valence-electron chi connectivity index (χ0n) is 12.7. The summed E-state index contributed by atoms with van der Waals surface area (Å²) in [5, 5.41) is 0. The Kier molecular flexibility index (Phi) is 4.49. The third kappa shape index (κ3) is 3.30. The van der Waals surface area contributed by atoms with Crippen molar-refractivity contribution in [2.45, 2.75) is 11.3 Å². The molecule has 1 aliphatic heterocycles. The van der Waals surface area contributed by atoms with Crippen LogP contribution < -0.4 is 0 Å². The number of hydrogen-bond donors (Lipinski definition) is 1. The Hall–Kier alpha value is -2.12. The van der Waals surface area contributed by atoms with Crippen LogP contribution in [0.25, 0.3) is 0 Å². The highest BCUT2D eigenvalue weighted by molar-refractivity contribution is 7.89. The van der Waals surface area contributed by atoms with Gasteiger partial charge in [0, 0.05) is 32.4 Å². The molecule has 1 aromatic heterocycles. The summed E-state index contributed by atoms with van der Waals surface area (Å²) >= 11 is 0. The first-order chi connectivity index (χ1) is 11.1. The van der Waals surface area contributed by atoms with Gasteiger partial charge in [-0.1, -0.05) is 18.2 Å². The number of nitrogens with zero attached hydrogens (tertiary/aromatic N) is 2. The summed E-state index contributed by atoms with van der Waals surface area (Å²) in [6.07, 6.45) is 2.33. The first kappa shape index (κ1) is 15.8. The van der Waals surface area contributed by atoms with E-state index in [4.69, 9.17) is 0 Å². The number of carbonyl (C=O) groups excluding carboxylic acids is 1. The minimum atomic E-state index is -3.50. The molecule has 0 unspecified atom stereocenters. The minimum absolute atomic E-state index is 0.0889. The molecule has 1 amide bonds. The van der Waals surface area contributed by atoms with Crippen molar-refractivity contribution in [3.8, 4) is 0 Å². The zero-order chi connectivity index (χ0) is 16.3. The molecule has 122 valence electrons. The van der Waals surface area contributed by atoms with E-state index >= 15 is 0 Å². The van der Waals surface area contributed by atoms with Gasteiger partial charge in [0.25, 0.3) is 5.91 Å². The van der Waals surface area contributed by atoms with Gasteiger partial charge in [-0.2, -0.15) is 4.31 Å². The van der Waals surface area contributed by atoms with E-state index in [-0.39, 0.29) is 5.91 Å². The number of benzene rings is 1. The Balaban J connectivity index is 1.73. The fraction of sp³-hybridized carbons (Fsp3) is 0.312. The molecule has 7 heteroatoms. The fourth-order valence-corrected chi connectivity index (χ4v) is 4.20. The van der Waals surface area contributed by atoms with Crippen molar-refractivity contribution in [3.05, 3.63) is 54.4 Å². The molecular formula is C16H19N3O3S. The molecule has 0 bridgehead atoms. The highest BCUT2D eigenvalue weighted by atomic mass is 32.2. The quantitative estimate of drug-likeness (QED) is 0.926. The lowest BCUT2D eigenvalue weighted by Crippen LogP contribution is -2.37. The number of hydrogen-bond acceptors (Lipinski definition) is 3. The predicted octanol–water partition coefficient (Wildman–Crippen LogP) is 1.55. The van der Waals surface area contributed by atoms with Crippen LogP contribution in [0.15, 0.2) is 53.6 Å². The molecule has 2 heterocycles. The summed E-state index contributed by atoms with van der Waals surface area (Å²) in [4.78, 5) is 17.3. The van der Waals surface area contributed by atoms with Crippen molar-refractivity contribution < 1.29 is 13.2 Å². The van der Waals surface area contributed by atoms with Crippen molar-refractivity contribution >= 4 is 15.9 Å². The molecule has 0 spiro atoms. The van der Waals surface area contributed by atoms with E-state index in [1.165, 1.54) is 4.31 Å². The average Bonchev–Trinajstić information content (AvgIpc) is 2.99. The van der Waals surface area contributed by atoms with E-state index < -0.39 is 10.0 Å². The van der Waals surface area contributed by atoms with Crippen molar-refractivity contribution in [1.29, 1.82) is 0 Å². The van der Waals surface area contributed by atoms with E-state index in [9.17, 15) is 13.2 Å². The Morgan fingerprint density at radius 2 is 1.74 bits per heavy atom. The Bertz CT molecular complexity index is 757. The predicted molar refractivity (Wildman–Crippen MR) is 86.5 cm³/mol. The maximum atomic E-state index is 12.7. The molecule has 0 saturated carbocycles. The van der Waals surface area contributed by atoms with Crippen molar-refractivity contribution in [2.24, 2.45) is 0 Å². The first-order valence-corrected chi connectivity index (χ1v) is 9.01. The normalized spacial score (nSPS) is 17.0. The van der Waals surface area contributed by atoms with E-state index in [0.29, 0.717) is 43.2 Å². The van der Waals surface area contributed by atoms with E-state index in [0.717, 1.165) is 0 Å². The van der Waals surface area contributed by atoms with E-state index in [1.807, 2.05) is 0 Å². The van der Waals surface area contributed by atoms with Gasteiger partial charge in [0.15, 0.2) is 0 Å². The number of carbonyl (C=O) groups is 1. The number of rotatable bonds is 3. The van der Waals surface area contributed by atoms with Gasteiger partial charge < -0.3 is 9.88 Å². The molecule has 1 aromatic carbocycles. The molecule has 0 atom stereocenters. The van der Waals surface area contributed by atoms with Crippen LogP contribution in [0.3, 0.4) is 0 Å². The number of H-pyrrole nitrogens is 1. The highest BCUT2D eigenvalue weighted by Gasteiger charge is 2.28. The Morgan fingerprint density at radius 3 is 2.43 bits per heavy atom. The Morgan fingerprint density at radius 1 is 0.957 bits per heavy atom. The molecule has 3 rings (SSSR count). The van der Waals surface area contributed by atoms with Crippen LogP contribution in [0.1, 0.15) is 16.9 Å². The lowest BCUT2D eigenvalue weighted by molar-refractivity contribution is 0.0759. The summed E-state index contributed by atoms with van der Waals surface area (Å²) in [6.45, 7) is 1.68. The van der Waals surface area contributed by atoms with E-state index in [2.05, 4.69) is 4.98 Å². The second-order valence-electron chi connectivity index (χ2n) is 5.45. The summed E-state index contributed by atoms with van der Waals surface area (Å²) in [7, 11) is -3.50. The molecule has 1 N–H and O–H groups in total. The summed E-state index contributed by atoms with van der Waals surface area (Å²) in [5.74, 6) is -0.0889. The summed E-state index contributed by atoms with van der Waals surface area (Å²) in [5.41, 5.74) is 0.532. The number of aromatic amines is 1. The molecule has 1 fully saturated rings.